The maximum atomic E-state index is 15.5. The Morgan fingerprint density at radius 1 is 1.20 bits per heavy atom. The molecule has 2 aromatic rings. The van der Waals surface area contributed by atoms with Crippen molar-refractivity contribution < 1.29 is 27.1 Å². The minimum absolute atomic E-state index is 0. The maximum Gasteiger partial charge on any atom is 0.277 e. The molecule has 0 saturated carbocycles. The van der Waals surface area contributed by atoms with Crippen LogP contribution >= 0.6 is 24.2 Å². The zero-order chi connectivity index (χ0) is 20.8. The van der Waals surface area contributed by atoms with Crippen LogP contribution in [0.5, 0.6) is 0 Å². The third kappa shape index (κ3) is 3.61. The van der Waals surface area contributed by atoms with Crippen molar-refractivity contribution in [3.63, 3.8) is 0 Å². The second kappa shape index (κ2) is 8.05. The van der Waals surface area contributed by atoms with Gasteiger partial charge in [0.05, 0.1) is 19.4 Å². The molecule has 0 radical (unpaired) electrons. The smallest absolute Gasteiger partial charge is 0.277 e. The van der Waals surface area contributed by atoms with Crippen molar-refractivity contribution in [2.75, 3.05) is 24.3 Å². The van der Waals surface area contributed by atoms with Crippen LogP contribution in [0.4, 0.5) is 23.2 Å². The van der Waals surface area contributed by atoms with E-state index in [0.717, 1.165) is 17.8 Å². The molecule has 1 saturated heterocycles. The molecule has 3 N–H and O–H groups in total. The van der Waals surface area contributed by atoms with E-state index < -0.39 is 40.3 Å². The number of nitrogens with two attached hydrogens (primary N) is 1. The first-order valence-electron chi connectivity index (χ1n) is 8.41. The van der Waals surface area contributed by atoms with Crippen molar-refractivity contribution in [3.8, 4) is 0 Å². The molecule has 30 heavy (non-hydrogen) atoms. The predicted molar refractivity (Wildman–Crippen MR) is 106 cm³/mol. The topological polar surface area (TPSA) is 89.6 Å². The number of fused-ring (bicyclic) bond motifs is 1. The average Bonchev–Trinajstić information content (AvgIpc) is 3.00. The van der Waals surface area contributed by atoms with E-state index >= 15 is 4.39 Å². The second-order valence-corrected chi connectivity index (χ2v) is 7.69. The zero-order valence-electron chi connectivity index (χ0n) is 15.1. The van der Waals surface area contributed by atoms with Gasteiger partial charge in [-0.1, -0.05) is 11.8 Å². The Bertz CT molecular complexity index is 1040. The van der Waals surface area contributed by atoms with Crippen molar-refractivity contribution >= 4 is 40.9 Å². The van der Waals surface area contributed by atoms with Crippen LogP contribution in [0, 0.1) is 17.5 Å². The Morgan fingerprint density at radius 3 is 2.70 bits per heavy atom. The van der Waals surface area contributed by atoms with Crippen molar-refractivity contribution in [1.82, 2.24) is 4.98 Å². The van der Waals surface area contributed by atoms with Gasteiger partial charge in [-0.15, -0.1) is 12.4 Å². The molecule has 2 aliphatic heterocycles. The molecule has 1 amide bonds. The van der Waals surface area contributed by atoms with E-state index in [4.69, 9.17) is 10.5 Å². The first-order chi connectivity index (χ1) is 13.7. The minimum atomic E-state index is -1.99. The zero-order valence-corrected chi connectivity index (χ0v) is 16.8. The monoisotopic (exact) mass is 462 g/mol. The summed E-state index contributed by atoms with van der Waals surface area (Å²) in [6.07, 6.45) is 0.692. The van der Waals surface area contributed by atoms with Gasteiger partial charge in [-0.3, -0.25) is 4.79 Å². The number of amidine groups is 1. The Kier molecular flexibility index (Phi) is 5.99. The van der Waals surface area contributed by atoms with Gasteiger partial charge >= 0.3 is 0 Å². The fourth-order valence-electron chi connectivity index (χ4n) is 3.38. The molecular formula is C18H15ClF4N4O2S. The van der Waals surface area contributed by atoms with Crippen LogP contribution in [0.2, 0.25) is 0 Å². The number of halogens is 5. The van der Waals surface area contributed by atoms with E-state index in [1.807, 2.05) is 0 Å². The summed E-state index contributed by atoms with van der Waals surface area (Å²) in [5.41, 5.74) is 1.33. The average molecular weight is 463 g/mol. The van der Waals surface area contributed by atoms with Crippen molar-refractivity contribution in [1.29, 1.82) is 0 Å². The van der Waals surface area contributed by atoms with Gasteiger partial charge in [0.2, 0.25) is 0 Å². The lowest BCUT2D eigenvalue weighted by Crippen LogP contribution is -2.52. The number of amides is 1. The van der Waals surface area contributed by atoms with E-state index in [-0.39, 0.29) is 47.8 Å². The SMILES string of the molecule is Cl.NC1=NC2(c3cc(NC(=O)c4ncc(F)cc4F)ccc3F)COCC2(F)CS1. The van der Waals surface area contributed by atoms with E-state index in [1.165, 1.54) is 12.1 Å². The lowest BCUT2D eigenvalue weighted by atomic mass is 9.79. The van der Waals surface area contributed by atoms with E-state index in [2.05, 4.69) is 15.3 Å². The third-order valence-electron chi connectivity index (χ3n) is 4.83. The Hall–Kier alpha value is -2.37. The summed E-state index contributed by atoms with van der Waals surface area (Å²) < 4.78 is 62.3. The summed E-state index contributed by atoms with van der Waals surface area (Å²) in [5, 5.41) is 2.44. The highest BCUT2D eigenvalue weighted by Gasteiger charge is 2.61. The summed E-state index contributed by atoms with van der Waals surface area (Å²) in [6.45, 7) is -0.509. The Balaban J connectivity index is 0.00000256. The minimum Gasteiger partial charge on any atom is -0.379 e. The van der Waals surface area contributed by atoms with Gasteiger partial charge in [-0.2, -0.15) is 0 Å². The van der Waals surface area contributed by atoms with Gasteiger partial charge in [-0.25, -0.2) is 27.5 Å². The molecule has 3 heterocycles. The molecule has 1 aromatic heterocycles. The first-order valence-corrected chi connectivity index (χ1v) is 9.40. The number of ether oxygens (including phenoxy) is 1. The van der Waals surface area contributed by atoms with Crippen LogP contribution < -0.4 is 11.1 Å². The highest BCUT2D eigenvalue weighted by Crippen LogP contribution is 2.50. The number of nitrogens with one attached hydrogen (secondary N) is 1. The fraction of sp³-hybridized carbons (Fsp3) is 0.278. The normalized spacial score (nSPS) is 25.1. The van der Waals surface area contributed by atoms with Gasteiger partial charge in [-0.05, 0) is 18.2 Å². The highest BCUT2D eigenvalue weighted by molar-refractivity contribution is 8.13. The Morgan fingerprint density at radius 2 is 1.97 bits per heavy atom. The number of aromatic nitrogens is 1. The summed E-state index contributed by atoms with van der Waals surface area (Å²) >= 11 is 1.01. The standard InChI is InChI=1S/C18H14F4N4O2S.ClH/c19-9-3-13(21)14(24-5-9)15(27)25-10-1-2-12(20)11(4-10)18-7-28-6-17(18,22)8-29-16(23)26-18;/h1-5H,6-8H2,(H2,23,26)(H,25,27);1H. The van der Waals surface area contributed by atoms with E-state index in [1.54, 1.807) is 0 Å². The molecule has 0 spiro atoms. The second-order valence-electron chi connectivity index (χ2n) is 6.69. The van der Waals surface area contributed by atoms with E-state index in [0.29, 0.717) is 12.3 Å². The quantitative estimate of drug-likeness (QED) is 0.684. The Labute approximate surface area is 178 Å². The third-order valence-corrected chi connectivity index (χ3v) is 5.81. The fourth-order valence-corrected chi connectivity index (χ4v) is 4.30. The largest absolute Gasteiger partial charge is 0.379 e. The number of hydrogen-bond donors (Lipinski definition) is 2. The van der Waals surface area contributed by atoms with Crippen LogP contribution in [0.3, 0.4) is 0 Å². The van der Waals surface area contributed by atoms with Gasteiger partial charge in [0.25, 0.3) is 5.91 Å². The van der Waals surface area contributed by atoms with Crippen molar-refractivity contribution in [3.05, 3.63) is 59.2 Å². The number of hydrogen-bond acceptors (Lipinski definition) is 6. The number of benzene rings is 1. The van der Waals surface area contributed by atoms with Crippen LogP contribution in [0.25, 0.3) is 0 Å². The molecule has 0 aliphatic carbocycles. The molecule has 2 aliphatic rings. The molecule has 4 rings (SSSR count). The molecule has 1 aromatic carbocycles. The summed E-state index contributed by atoms with van der Waals surface area (Å²) in [7, 11) is 0. The maximum absolute atomic E-state index is 15.5. The molecule has 12 heteroatoms. The summed E-state index contributed by atoms with van der Waals surface area (Å²) in [4.78, 5) is 19.9. The molecule has 2 atom stereocenters. The number of aliphatic imine (C=N–C) groups is 1. The van der Waals surface area contributed by atoms with Gasteiger partial charge in [0.1, 0.15) is 11.6 Å². The van der Waals surface area contributed by atoms with Gasteiger partial charge in [0, 0.05) is 23.1 Å². The van der Waals surface area contributed by atoms with Gasteiger partial charge < -0.3 is 15.8 Å². The molecule has 1 fully saturated rings. The van der Waals surface area contributed by atoms with Crippen LogP contribution in [-0.4, -0.2) is 40.7 Å². The molecule has 0 bridgehead atoms. The number of pyridine rings is 1. The number of carbonyl (C=O) groups excluding carboxylic acids is 1. The van der Waals surface area contributed by atoms with Crippen molar-refractivity contribution in [2.45, 2.75) is 11.2 Å². The van der Waals surface area contributed by atoms with Crippen LogP contribution in [-0.2, 0) is 10.3 Å². The van der Waals surface area contributed by atoms with Crippen molar-refractivity contribution in [2.24, 2.45) is 10.7 Å². The first kappa shape index (κ1) is 22.3. The van der Waals surface area contributed by atoms with Crippen LogP contribution in [0.1, 0.15) is 16.1 Å². The van der Waals surface area contributed by atoms with Crippen LogP contribution in [0.15, 0.2) is 35.5 Å². The molecule has 6 nitrogen and oxygen atoms in total. The number of thioether (sulfide) groups is 1. The summed E-state index contributed by atoms with van der Waals surface area (Å²) in [5.74, 6) is -3.90. The lowest BCUT2D eigenvalue weighted by Gasteiger charge is -2.38. The molecular weight excluding hydrogens is 448 g/mol. The number of rotatable bonds is 3. The lowest BCUT2D eigenvalue weighted by molar-refractivity contribution is 0.101. The number of nitrogens with zero attached hydrogens (tertiary/aromatic N) is 2. The molecule has 160 valence electrons. The number of anilines is 1. The number of alkyl halides is 1. The highest BCUT2D eigenvalue weighted by atomic mass is 35.5. The van der Waals surface area contributed by atoms with E-state index in [9.17, 15) is 18.0 Å². The van der Waals surface area contributed by atoms with Gasteiger partial charge in [0.15, 0.2) is 27.9 Å². The number of carbonyl (C=O) groups is 1. The summed E-state index contributed by atoms with van der Waals surface area (Å²) in [6, 6.07) is 3.96. The predicted octanol–water partition coefficient (Wildman–Crippen LogP) is 3.17. The molecule has 2 unspecified atom stereocenters.